The van der Waals surface area contributed by atoms with Crippen molar-refractivity contribution in [3.05, 3.63) is 88.5 Å². The fourth-order valence-corrected chi connectivity index (χ4v) is 6.42. The van der Waals surface area contributed by atoms with E-state index in [4.69, 9.17) is 9.47 Å². The summed E-state index contributed by atoms with van der Waals surface area (Å²) < 4.78 is 143. The topological polar surface area (TPSA) is 27.7 Å². The summed E-state index contributed by atoms with van der Waals surface area (Å²) in [5.41, 5.74) is -3.48. The van der Waals surface area contributed by atoms with Gasteiger partial charge in [-0.2, -0.15) is 22.0 Å². The van der Waals surface area contributed by atoms with Crippen molar-refractivity contribution < 1.29 is 53.7 Å². The summed E-state index contributed by atoms with van der Waals surface area (Å²) in [7, 11) is 0. The Morgan fingerprint density at radius 3 is 1.98 bits per heavy atom. The first-order chi connectivity index (χ1) is 22.3. The molecule has 256 valence electrons. The lowest BCUT2D eigenvalue weighted by atomic mass is 9.78. The first-order valence-corrected chi connectivity index (χ1v) is 15.7. The number of benzene rings is 3. The van der Waals surface area contributed by atoms with Crippen LogP contribution in [0.3, 0.4) is 0 Å². The molecule has 3 aromatic carbocycles. The monoisotopic (exact) mass is 674 g/mol. The number of unbranched alkanes of at least 4 members (excludes halogenated alkanes) is 2. The third kappa shape index (κ3) is 8.25. The SMILES string of the molecule is CCCCCC1COC(C2CCC(c3ccc(-c4cc(F)c(C(F)(F)Oc5ccc(C(F)(F)F)c(F)c5)c(F)c4)c(F)c3)CC2)OC1. The number of ether oxygens (including phenoxy) is 3. The van der Waals surface area contributed by atoms with Crippen molar-refractivity contribution in [2.24, 2.45) is 11.8 Å². The van der Waals surface area contributed by atoms with Gasteiger partial charge in [0.05, 0.1) is 18.8 Å². The molecule has 0 unspecified atom stereocenters. The molecule has 0 aromatic heterocycles. The fourth-order valence-electron chi connectivity index (χ4n) is 6.42. The lowest BCUT2D eigenvalue weighted by Gasteiger charge is -2.37. The summed E-state index contributed by atoms with van der Waals surface area (Å²) in [6.07, 6.45) is -2.29. The van der Waals surface area contributed by atoms with E-state index in [9.17, 15) is 35.1 Å². The number of alkyl halides is 5. The van der Waals surface area contributed by atoms with Crippen LogP contribution in [0.25, 0.3) is 11.1 Å². The van der Waals surface area contributed by atoms with Crippen LogP contribution in [0.5, 0.6) is 5.75 Å². The maximum atomic E-state index is 15.3. The summed E-state index contributed by atoms with van der Waals surface area (Å²) in [4.78, 5) is 0. The zero-order valence-electron chi connectivity index (χ0n) is 25.6. The maximum Gasteiger partial charge on any atom is 0.432 e. The minimum Gasteiger partial charge on any atom is -0.429 e. The highest BCUT2D eigenvalue weighted by Crippen LogP contribution is 2.42. The molecule has 0 radical (unpaired) electrons. The molecule has 1 aliphatic heterocycles. The average molecular weight is 675 g/mol. The Morgan fingerprint density at radius 2 is 1.40 bits per heavy atom. The van der Waals surface area contributed by atoms with Crippen LogP contribution in [0.4, 0.5) is 39.5 Å². The summed E-state index contributed by atoms with van der Waals surface area (Å²) in [6.45, 7) is 3.54. The van der Waals surface area contributed by atoms with E-state index >= 15 is 4.39 Å². The van der Waals surface area contributed by atoms with Crippen molar-refractivity contribution in [3.63, 3.8) is 0 Å². The summed E-state index contributed by atoms with van der Waals surface area (Å²) in [5, 5.41) is 0. The standard InChI is InChI=1S/C35H35F9O3/c1-2-3-4-5-20-18-45-33(46-19-20)22-8-6-21(7-9-22)23-10-12-26(28(36)14-23)24-15-30(38)32(31(39)16-24)35(43,44)47-25-11-13-27(29(37)17-25)34(40,41)42/h10-17,20-22,33H,2-9,18-19H2,1H3. The van der Waals surface area contributed by atoms with E-state index in [1.54, 1.807) is 6.07 Å². The van der Waals surface area contributed by atoms with Gasteiger partial charge in [0.2, 0.25) is 0 Å². The average Bonchev–Trinajstić information content (AvgIpc) is 3.00. The molecule has 12 heteroatoms. The van der Waals surface area contributed by atoms with Crippen LogP contribution >= 0.6 is 0 Å². The Kier molecular flexibility index (Phi) is 10.8. The van der Waals surface area contributed by atoms with Crippen LogP contribution in [0.15, 0.2) is 48.5 Å². The highest BCUT2D eigenvalue weighted by atomic mass is 19.4. The Morgan fingerprint density at radius 1 is 0.745 bits per heavy atom. The van der Waals surface area contributed by atoms with Gasteiger partial charge in [-0.05, 0) is 79.5 Å². The third-order valence-corrected chi connectivity index (χ3v) is 8.97. The molecule has 0 spiro atoms. The van der Waals surface area contributed by atoms with E-state index < -0.39 is 52.4 Å². The van der Waals surface area contributed by atoms with Crippen LogP contribution in [-0.4, -0.2) is 19.5 Å². The quantitative estimate of drug-likeness (QED) is 0.158. The molecule has 47 heavy (non-hydrogen) atoms. The van der Waals surface area contributed by atoms with Crippen molar-refractivity contribution in [1.82, 2.24) is 0 Å². The van der Waals surface area contributed by atoms with Crippen molar-refractivity contribution in [2.75, 3.05) is 13.2 Å². The van der Waals surface area contributed by atoms with Gasteiger partial charge < -0.3 is 14.2 Å². The maximum absolute atomic E-state index is 15.3. The van der Waals surface area contributed by atoms with E-state index in [1.165, 1.54) is 25.0 Å². The molecule has 1 saturated carbocycles. The van der Waals surface area contributed by atoms with Crippen LogP contribution < -0.4 is 4.74 Å². The largest absolute Gasteiger partial charge is 0.432 e. The smallest absolute Gasteiger partial charge is 0.429 e. The Bertz CT molecular complexity index is 1500. The Hall–Kier alpha value is -3.25. The van der Waals surface area contributed by atoms with Crippen LogP contribution in [0, 0.1) is 35.1 Å². The second-order valence-corrected chi connectivity index (χ2v) is 12.3. The molecule has 1 saturated heterocycles. The van der Waals surface area contributed by atoms with Gasteiger partial charge in [-0.25, -0.2) is 17.6 Å². The number of hydrogen-bond donors (Lipinski definition) is 0. The third-order valence-electron chi connectivity index (χ3n) is 8.97. The first kappa shape index (κ1) is 35.1. The predicted octanol–water partition coefficient (Wildman–Crippen LogP) is 10.9. The molecule has 0 bridgehead atoms. The molecule has 0 atom stereocenters. The molecule has 1 aliphatic carbocycles. The molecule has 0 N–H and O–H groups in total. The molecule has 2 aliphatic rings. The van der Waals surface area contributed by atoms with E-state index in [2.05, 4.69) is 11.7 Å². The van der Waals surface area contributed by atoms with Crippen molar-refractivity contribution in [1.29, 1.82) is 0 Å². The zero-order chi connectivity index (χ0) is 33.9. The van der Waals surface area contributed by atoms with Crippen LogP contribution in [0.2, 0.25) is 0 Å². The molecule has 2 fully saturated rings. The molecular formula is C35H35F9O3. The predicted molar refractivity (Wildman–Crippen MR) is 156 cm³/mol. The summed E-state index contributed by atoms with van der Waals surface area (Å²) in [6, 6.07) is 5.85. The minimum absolute atomic E-state index is 0.0340. The van der Waals surface area contributed by atoms with Crippen LogP contribution in [0.1, 0.15) is 80.9 Å². The van der Waals surface area contributed by atoms with Gasteiger partial charge in [-0.3, -0.25) is 0 Å². The van der Waals surface area contributed by atoms with Crippen LogP contribution in [-0.2, 0) is 21.8 Å². The van der Waals surface area contributed by atoms with E-state index in [0.29, 0.717) is 42.9 Å². The van der Waals surface area contributed by atoms with Gasteiger partial charge in [-0.15, -0.1) is 0 Å². The zero-order valence-corrected chi connectivity index (χ0v) is 25.6. The summed E-state index contributed by atoms with van der Waals surface area (Å²) in [5.74, 6) is -6.70. The molecule has 3 aromatic rings. The summed E-state index contributed by atoms with van der Waals surface area (Å²) >= 11 is 0. The molecule has 0 amide bonds. The lowest BCUT2D eigenvalue weighted by Crippen LogP contribution is -2.38. The van der Waals surface area contributed by atoms with Gasteiger partial charge in [-0.1, -0.05) is 38.3 Å². The Labute approximate surface area is 267 Å². The highest BCUT2D eigenvalue weighted by molar-refractivity contribution is 5.65. The van der Waals surface area contributed by atoms with Gasteiger partial charge in [0, 0.05) is 23.5 Å². The molecule has 5 rings (SSSR count). The molecular weight excluding hydrogens is 639 g/mol. The van der Waals surface area contributed by atoms with E-state index in [1.807, 2.05) is 0 Å². The fraction of sp³-hybridized carbons (Fsp3) is 0.486. The number of hydrogen-bond acceptors (Lipinski definition) is 3. The van der Waals surface area contributed by atoms with Gasteiger partial charge in [0.25, 0.3) is 0 Å². The van der Waals surface area contributed by atoms with Gasteiger partial charge >= 0.3 is 12.3 Å². The number of halogens is 9. The molecule has 3 nitrogen and oxygen atoms in total. The van der Waals surface area contributed by atoms with Crippen molar-refractivity contribution in [3.8, 4) is 16.9 Å². The van der Waals surface area contributed by atoms with Gasteiger partial charge in [0.1, 0.15) is 34.6 Å². The normalized spacial score (nSPS) is 22.3. The minimum atomic E-state index is -5.09. The second-order valence-electron chi connectivity index (χ2n) is 12.3. The van der Waals surface area contributed by atoms with E-state index in [-0.39, 0.29) is 41.4 Å². The Balaban J connectivity index is 1.22. The first-order valence-electron chi connectivity index (χ1n) is 15.7. The van der Waals surface area contributed by atoms with Crippen molar-refractivity contribution in [2.45, 2.75) is 82.8 Å². The van der Waals surface area contributed by atoms with Crippen molar-refractivity contribution >= 4 is 0 Å². The molecule has 1 heterocycles. The van der Waals surface area contributed by atoms with Gasteiger partial charge in [0.15, 0.2) is 6.29 Å². The number of rotatable bonds is 10. The highest BCUT2D eigenvalue weighted by Gasteiger charge is 2.42. The lowest BCUT2D eigenvalue weighted by molar-refractivity contribution is -0.229. The second kappa shape index (κ2) is 14.5. The van der Waals surface area contributed by atoms with E-state index in [0.717, 1.165) is 38.5 Å².